The Balaban J connectivity index is 0.00000127. The molecule has 3 aliphatic rings. The van der Waals surface area contributed by atoms with Crippen molar-refractivity contribution in [1.29, 1.82) is 0 Å². The first kappa shape index (κ1) is 30.4. The van der Waals surface area contributed by atoms with Gasteiger partial charge in [0.05, 0.1) is 11.3 Å². The summed E-state index contributed by atoms with van der Waals surface area (Å²) in [7, 11) is 0. The Labute approximate surface area is 204 Å². The van der Waals surface area contributed by atoms with Crippen LogP contribution in [0.15, 0.2) is 40.5 Å². The van der Waals surface area contributed by atoms with Crippen LogP contribution in [0.3, 0.4) is 0 Å². The molecule has 3 fully saturated rings. The minimum atomic E-state index is -0.833. The molecule has 0 aromatic heterocycles. The SMILES string of the molecule is CC(=O)O.N/C([S-])=N/N=C1\C2CCCC1C1(O)CCCCC1C2c1ccccc1.O.O.[Ni]. The number of hydrogen-bond acceptors (Lipinski definition) is 5. The normalized spacial score (nSPS) is 31.9. The monoisotopic (exact) mass is 510 g/mol. The summed E-state index contributed by atoms with van der Waals surface area (Å²) in [6.07, 6.45) is 7.51. The van der Waals surface area contributed by atoms with Crippen molar-refractivity contribution in [3.63, 3.8) is 0 Å². The first-order valence-electron chi connectivity index (χ1n) is 10.4. The van der Waals surface area contributed by atoms with E-state index in [1.54, 1.807) is 0 Å². The number of nitrogens with two attached hydrogens (primary N) is 1. The van der Waals surface area contributed by atoms with Crippen molar-refractivity contribution in [2.24, 2.45) is 33.7 Å². The van der Waals surface area contributed by atoms with Gasteiger partial charge >= 0.3 is 0 Å². The standard InChI is InChI=1S/C20H27N3OS.C2H4O2.Ni.2H2O/c21-19(25)23-22-18-14-9-6-11-16(18)20(24)12-5-4-10-15(20)17(14)13-7-2-1-3-8-13;1-2(3)4;;;/h1-3,7-8,14-17,24H,4-6,9-12H2,(H3,21,23,25);1H3,(H,3,4);;2*1H2/p-1/b22-18+;;;;. The molecule has 8 nitrogen and oxygen atoms in total. The zero-order chi connectivity index (χ0) is 21.0. The second-order valence-electron chi connectivity index (χ2n) is 8.35. The maximum Gasteiger partial charge on any atom is 0.300 e. The first-order valence-corrected chi connectivity index (χ1v) is 10.8. The molecule has 1 aromatic carbocycles. The zero-order valence-electron chi connectivity index (χ0n) is 18.1. The molecule has 1 aromatic rings. The second-order valence-corrected chi connectivity index (χ2v) is 8.77. The molecule has 5 atom stereocenters. The van der Waals surface area contributed by atoms with Gasteiger partial charge in [0, 0.05) is 35.3 Å². The number of hydrogen-bond donors (Lipinski definition) is 3. The molecule has 184 valence electrons. The van der Waals surface area contributed by atoms with E-state index in [0.29, 0.717) is 17.8 Å². The Morgan fingerprint density at radius 1 is 1.12 bits per heavy atom. The Kier molecular flexibility index (Phi) is 12.6. The minimum Gasteiger partial charge on any atom is -0.741 e. The number of carboxylic acid groups (broad SMARTS) is 1. The fraction of sp³-hybridized carbons (Fsp3) is 0.591. The summed E-state index contributed by atoms with van der Waals surface area (Å²) < 4.78 is 0. The zero-order valence-corrected chi connectivity index (χ0v) is 19.9. The third-order valence-electron chi connectivity index (χ3n) is 6.65. The Morgan fingerprint density at radius 3 is 2.34 bits per heavy atom. The smallest absolute Gasteiger partial charge is 0.300 e. The van der Waals surface area contributed by atoms with Crippen LogP contribution in [0.2, 0.25) is 0 Å². The van der Waals surface area contributed by atoms with E-state index in [4.69, 9.17) is 28.3 Å². The van der Waals surface area contributed by atoms with Crippen molar-refractivity contribution in [3.8, 4) is 0 Å². The largest absolute Gasteiger partial charge is 0.741 e. The van der Waals surface area contributed by atoms with Crippen molar-refractivity contribution in [2.75, 3.05) is 0 Å². The average molecular weight is 511 g/mol. The van der Waals surface area contributed by atoms with Gasteiger partial charge in [0.2, 0.25) is 0 Å². The fourth-order valence-electron chi connectivity index (χ4n) is 5.77. The van der Waals surface area contributed by atoms with Gasteiger partial charge in [0.15, 0.2) is 0 Å². The number of rotatable bonds is 2. The van der Waals surface area contributed by atoms with Gasteiger partial charge in [0.25, 0.3) is 5.97 Å². The Morgan fingerprint density at radius 2 is 1.75 bits per heavy atom. The van der Waals surface area contributed by atoms with Gasteiger partial charge in [-0.1, -0.05) is 49.6 Å². The average Bonchev–Trinajstić information content (AvgIpc) is 2.68. The van der Waals surface area contributed by atoms with E-state index < -0.39 is 11.6 Å². The molecule has 10 heteroatoms. The predicted molar refractivity (Wildman–Crippen MR) is 124 cm³/mol. The van der Waals surface area contributed by atoms with Crippen molar-refractivity contribution in [1.82, 2.24) is 0 Å². The van der Waals surface area contributed by atoms with Crippen LogP contribution in [0.5, 0.6) is 0 Å². The summed E-state index contributed by atoms with van der Waals surface area (Å²) in [5, 5.41) is 27.8. The molecule has 8 N–H and O–H groups in total. The molecule has 0 radical (unpaired) electrons. The maximum atomic E-state index is 11.8. The molecule has 3 saturated carbocycles. The van der Waals surface area contributed by atoms with Gasteiger partial charge in [-0.2, -0.15) is 10.2 Å². The molecule has 2 bridgehead atoms. The van der Waals surface area contributed by atoms with Crippen LogP contribution < -0.4 is 5.73 Å². The third kappa shape index (κ3) is 6.48. The number of benzene rings is 1. The first-order chi connectivity index (χ1) is 13.8. The van der Waals surface area contributed by atoms with Crippen molar-refractivity contribution < 1.29 is 42.5 Å². The van der Waals surface area contributed by atoms with Gasteiger partial charge in [-0.3, -0.25) is 4.79 Å². The Hall–Kier alpha value is -1.58. The summed E-state index contributed by atoms with van der Waals surface area (Å²) in [5.41, 5.74) is 7.26. The van der Waals surface area contributed by atoms with Crippen LogP contribution in [-0.2, 0) is 33.9 Å². The van der Waals surface area contributed by atoms with E-state index in [1.165, 1.54) is 12.0 Å². The number of amidine groups is 1. The number of nitrogens with zero attached hydrogens (tertiary/aromatic N) is 2. The van der Waals surface area contributed by atoms with Crippen molar-refractivity contribution in [2.45, 2.75) is 63.4 Å². The number of carboxylic acids is 1. The van der Waals surface area contributed by atoms with Gasteiger partial charge in [-0.25, -0.2) is 0 Å². The summed E-state index contributed by atoms with van der Waals surface area (Å²) in [6.45, 7) is 1.08. The molecule has 32 heavy (non-hydrogen) atoms. The molecule has 0 heterocycles. The maximum absolute atomic E-state index is 11.8. The van der Waals surface area contributed by atoms with E-state index in [2.05, 4.69) is 40.5 Å². The van der Waals surface area contributed by atoms with Crippen LogP contribution in [0.1, 0.15) is 63.4 Å². The van der Waals surface area contributed by atoms with Crippen LogP contribution in [0, 0.1) is 17.8 Å². The van der Waals surface area contributed by atoms with Gasteiger partial charge < -0.3 is 39.5 Å². The number of carbonyl (C=O) groups is 1. The summed E-state index contributed by atoms with van der Waals surface area (Å²) >= 11 is 4.90. The fourth-order valence-corrected chi connectivity index (χ4v) is 5.81. The molecular formula is C22H34N3NiO5S-. The van der Waals surface area contributed by atoms with Crippen molar-refractivity contribution in [3.05, 3.63) is 35.9 Å². The summed E-state index contributed by atoms with van der Waals surface area (Å²) in [6, 6.07) is 10.7. The van der Waals surface area contributed by atoms with E-state index in [-0.39, 0.29) is 38.5 Å². The summed E-state index contributed by atoms with van der Waals surface area (Å²) in [4.78, 5) is 9.00. The van der Waals surface area contributed by atoms with Crippen LogP contribution in [-0.4, -0.2) is 43.6 Å². The molecule has 0 spiro atoms. The molecular weight excluding hydrogens is 477 g/mol. The van der Waals surface area contributed by atoms with E-state index in [1.807, 2.05) is 0 Å². The molecule has 5 unspecified atom stereocenters. The third-order valence-corrected chi connectivity index (χ3v) is 6.73. The van der Waals surface area contributed by atoms with Gasteiger partial charge in [-0.15, -0.1) is 0 Å². The second kappa shape index (κ2) is 13.2. The number of aliphatic carboxylic acids is 1. The number of fused-ring (bicyclic) bond motifs is 4. The van der Waals surface area contributed by atoms with E-state index in [0.717, 1.165) is 51.2 Å². The van der Waals surface area contributed by atoms with Gasteiger partial charge in [-0.05, 0) is 48.3 Å². The van der Waals surface area contributed by atoms with Crippen LogP contribution >= 0.6 is 0 Å². The molecule has 0 saturated heterocycles. The molecule has 3 aliphatic carbocycles. The number of aliphatic hydroxyl groups is 1. The molecule has 0 amide bonds. The molecule has 4 rings (SSSR count). The van der Waals surface area contributed by atoms with Crippen molar-refractivity contribution >= 4 is 29.5 Å². The quantitative estimate of drug-likeness (QED) is 0.180. The van der Waals surface area contributed by atoms with E-state index in [9.17, 15) is 5.11 Å². The predicted octanol–water partition coefficient (Wildman–Crippen LogP) is 1.78. The van der Waals surface area contributed by atoms with Gasteiger partial charge in [0.1, 0.15) is 0 Å². The van der Waals surface area contributed by atoms with Crippen LogP contribution in [0.4, 0.5) is 0 Å². The Bertz CT molecular complexity index is 787. The minimum absolute atomic E-state index is 0. The summed E-state index contributed by atoms with van der Waals surface area (Å²) in [5.74, 6) is 0.225. The topological polar surface area (TPSA) is 171 Å². The molecule has 0 aliphatic heterocycles. The van der Waals surface area contributed by atoms with E-state index >= 15 is 0 Å². The van der Waals surface area contributed by atoms with Crippen LogP contribution in [0.25, 0.3) is 0 Å².